The highest BCUT2D eigenvalue weighted by atomic mass is 32.1. The molecule has 4 aromatic heterocycles. The van der Waals surface area contributed by atoms with Crippen molar-refractivity contribution in [2.24, 2.45) is 0 Å². The maximum atomic E-state index is 6.84. The highest BCUT2D eigenvalue weighted by Gasteiger charge is 2.29. The third-order valence-corrected chi connectivity index (χ3v) is 12.4. The zero-order valence-electron chi connectivity index (χ0n) is 28.5. The van der Waals surface area contributed by atoms with Crippen LogP contribution in [-0.2, 0) is 0 Å². The molecule has 0 radical (unpaired) electrons. The van der Waals surface area contributed by atoms with Gasteiger partial charge >= 0.3 is 0 Å². The fourth-order valence-corrected chi connectivity index (χ4v) is 10.2. The number of para-hydroxylation sites is 4. The lowest BCUT2D eigenvalue weighted by Crippen LogP contribution is -2.07. The molecular weight excluding hydrogens is 683 g/mol. The SMILES string of the molecule is c1ccc2c(c1)Oc1c(-c3cccc4c3oc3ccccc34)ccc3nc(-n4c5ccccc5c5c6ccccc6c6c7ccccc7sc6c54)nc-2c13. The van der Waals surface area contributed by atoms with Gasteiger partial charge < -0.3 is 9.15 Å². The second-order valence-electron chi connectivity index (χ2n) is 14.0. The minimum atomic E-state index is 0.632. The van der Waals surface area contributed by atoms with Gasteiger partial charge in [0.2, 0.25) is 5.95 Å². The summed E-state index contributed by atoms with van der Waals surface area (Å²) in [6, 6.07) is 53.2. The third kappa shape index (κ3) is 3.62. The Kier molecular flexibility index (Phi) is 5.45. The molecule has 1 aliphatic rings. The Morgan fingerprint density at radius 3 is 2.11 bits per heavy atom. The lowest BCUT2D eigenvalue weighted by Gasteiger charge is -2.23. The van der Waals surface area contributed by atoms with Crippen LogP contribution in [0.3, 0.4) is 0 Å². The van der Waals surface area contributed by atoms with E-state index in [1.807, 2.05) is 41.7 Å². The molecule has 0 N–H and O–H groups in total. The molecule has 0 amide bonds. The first kappa shape index (κ1) is 28.6. The Morgan fingerprint density at radius 1 is 0.500 bits per heavy atom. The predicted octanol–water partition coefficient (Wildman–Crippen LogP) is 13.6. The van der Waals surface area contributed by atoms with E-state index in [-0.39, 0.29) is 0 Å². The number of thiophene rings is 1. The Labute approximate surface area is 310 Å². The number of fused-ring (bicyclic) bond motifs is 15. The van der Waals surface area contributed by atoms with Gasteiger partial charge in [-0.3, -0.25) is 4.57 Å². The van der Waals surface area contributed by atoms with Gasteiger partial charge in [0.1, 0.15) is 22.7 Å². The van der Waals surface area contributed by atoms with Crippen molar-refractivity contribution < 1.29 is 9.15 Å². The molecule has 8 aromatic carbocycles. The van der Waals surface area contributed by atoms with E-state index in [4.69, 9.17) is 19.1 Å². The molecule has 0 spiro atoms. The fraction of sp³-hybridized carbons (Fsp3) is 0. The summed E-state index contributed by atoms with van der Waals surface area (Å²) in [5.74, 6) is 2.13. The van der Waals surface area contributed by atoms with Crippen molar-refractivity contribution in [3.8, 4) is 39.8 Å². The van der Waals surface area contributed by atoms with Crippen molar-refractivity contribution in [1.82, 2.24) is 14.5 Å². The Balaban J connectivity index is 1.17. The largest absolute Gasteiger partial charge is 0.455 e. The molecule has 1 aliphatic heterocycles. The summed E-state index contributed by atoms with van der Waals surface area (Å²) in [6.45, 7) is 0. The van der Waals surface area contributed by atoms with Crippen LogP contribution >= 0.6 is 11.3 Å². The van der Waals surface area contributed by atoms with Gasteiger partial charge in [0, 0.05) is 53.7 Å². The van der Waals surface area contributed by atoms with Gasteiger partial charge in [-0.15, -0.1) is 11.3 Å². The maximum absolute atomic E-state index is 6.84. The van der Waals surface area contributed by atoms with Gasteiger partial charge in [-0.05, 0) is 53.2 Å². The molecule has 0 saturated heterocycles. The summed E-state index contributed by atoms with van der Waals surface area (Å²) in [4.78, 5) is 11.0. The summed E-state index contributed by atoms with van der Waals surface area (Å²) in [6.07, 6.45) is 0. The zero-order chi connectivity index (χ0) is 35.1. The monoisotopic (exact) mass is 707 g/mol. The van der Waals surface area contributed by atoms with Crippen LogP contribution in [-0.4, -0.2) is 14.5 Å². The van der Waals surface area contributed by atoms with Gasteiger partial charge in [0.05, 0.1) is 32.3 Å². The number of hydrogen-bond donors (Lipinski definition) is 0. The normalized spacial score (nSPS) is 12.6. The maximum Gasteiger partial charge on any atom is 0.235 e. The summed E-state index contributed by atoms with van der Waals surface area (Å²) in [7, 11) is 0. The third-order valence-electron chi connectivity index (χ3n) is 11.2. The number of aromatic nitrogens is 3. The molecule has 0 saturated carbocycles. The minimum Gasteiger partial charge on any atom is -0.455 e. The van der Waals surface area contributed by atoms with Crippen LogP contribution in [0.25, 0.3) is 114 Å². The van der Waals surface area contributed by atoms with Crippen molar-refractivity contribution in [3.63, 3.8) is 0 Å². The molecule has 250 valence electrons. The highest BCUT2D eigenvalue weighted by Crippen LogP contribution is 2.52. The molecule has 54 heavy (non-hydrogen) atoms. The van der Waals surface area contributed by atoms with Crippen molar-refractivity contribution in [2.75, 3.05) is 0 Å². The van der Waals surface area contributed by atoms with E-state index in [0.29, 0.717) is 5.95 Å². The van der Waals surface area contributed by atoms with E-state index in [1.54, 1.807) is 0 Å². The van der Waals surface area contributed by atoms with E-state index in [0.717, 1.165) is 77.8 Å². The quantitative estimate of drug-likeness (QED) is 0.179. The van der Waals surface area contributed by atoms with E-state index in [9.17, 15) is 0 Å². The molecular formula is C48H25N3O2S. The number of nitrogens with zero attached hydrogens (tertiary/aromatic N) is 3. The molecule has 13 rings (SSSR count). The van der Waals surface area contributed by atoms with Gasteiger partial charge in [0.25, 0.3) is 0 Å². The molecule has 12 aromatic rings. The van der Waals surface area contributed by atoms with Crippen LogP contribution in [0, 0.1) is 0 Å². The van der Waals surface area contributed by atoms with Crippen molar-refractivity contribution in [2.45, 2.75) is 0 Å². The first-order valence-electron chi connectivity index (χ1n) is 18.1. The molecule has 0 atom stereocenters. The minimum absolute atomic E-state index is 0.632. The van der Waals surface area contributed by atoms with Crippen molar-refractivity contribution in [3.05, 3.63) is 152 Å². The van der Waals surface area contributed by atoms with Crippen LogP contribution in [0.1, 0.15) is 0 Å². The first-order chi connectivity index (χ1) is 26.8. The van der Waals surface area contributed by atoms with Gasteiger partial charge in [0.15, 0.2) is 0 Å². The van der Waals surface area contributed by atoms with E-state index in [1.165, 1.54) is 41.7 Å². The predicted molar refractivity (Wildman–Crippen MR) is 222 cm³/mol. The lowest BCUT2D eigenvalue weighted by atomic mass is 9.95. The topological polar surface area (TPSA) is 53.1 Å². The van der Waals surface area contributed by atoms with Crippen molar-refractivity contribution in [1.29, 1.82) is 0 Å². The van der Waals surface area contributed by atoms with Crippen molar-refractivity contribution >= 4 is 96.9 Å². The number of ether oxygens (including phenoxy) is 1. The highest BCUT2D eigenvalue weighted by molar-refractivity contribution is 7.27. The van der Waals surface area contributed by atoms with Gasteiger partial charge in [-0.25, -0.2) is 9.97 Å². The van der Waals surface area contributed by atoms with Gasteiger partial charge in [-0.2, -0.15) is 0 Å². The molecule has 6 heteroatoms. The summed E-state index contributed by atoms with van der Waals surface area (Å²) in [5.41, 5.74) is 8.42. The van der Waals surface area contributed by atoms with Crippen LogP contribution in [0.5, 0.6) is 11.5 Å². The Hall–Kier alpha value is -7.02. The number of benzene rings is 8. The van der Waals surface area contributed by atoms with Crippen LogP contribution in [0.2, 0.25) is 0 Å². The number of hydrogen-bond acceptors (Lipinski definition) is 5. The molecule has 5 nitrogen and oxygen atoms in total. The zero-order valence-corrected chi connectivity index (χ0v) is 29.3. The van der Waals surface area contributed by atoms with E-state index >= 15 is 0 Å². The van der Waals surface area contributed by atoms with E-state index < -0.39 is 0 Å². The number of furan rings is 1. The standard InChI is InChI=1S/C48H25N3O2S/c1-2-14-28-27(13-1)40-32-15-3-7-20-36(32)51(44(40)47-41(28)34-17-6-10-23-39(34)54-47)48-49-35-25-24-31(46-42(35)43(50-48)33-16-5-9-22-38(33)53-46)30-19-11-18-29-26-12-4-8-21-37(26)52-45(29)30/h1-25H. The van der Waals surface area contributed by atoms with Crippen LogP contribution in [0.4, 0.5) is 0 Å². The second-order valence-corrected chi connectivity index (χ2v) is 15.1. The fourth-order valence-electron chi connectivity index (χ4n) is 8.95. The first-order valence-corrected chi connectivity index (χ1v) is 18.9. The van der Waals surface area contributed by atoms with Crippen LogP contribution in [0.15, 0.2) is 156 Å². The average Bonchev–Trinajstić information content (AvgIpc) is 3.91. The summed E-state index contributed by atoms with van der Waals surface area (Å²) < 4.78 is 18.2. The van der Waals surface area contributed by atoms with E-state index in [2.05, 4.69) is 126 Å². The molecule has 0 bridgehead atoms. The Morgan fingerprint density at radius 2 is 1.20 bits per heavy atom. The smallest absolute Gasteiger partial charge is 0.235 e. The lowest BCUT2D eigenvalue weighted by molar-refractivity contribution is 0.488. The average molecular weight is 708 g/mol. The Bertz CT molecular complexity index is 3610. The number of rotatable bonds is 2. The van der Waals surface area contributed by atoms with Crippen LogP contribution < -0.4 is 4.74 Å². The summed E-state index contributed by atoms with van der Waals surface area (Å²) >= 11 is 1.84. The second kappa shape index (κ2) is 10.3. The molecule has 0 aliphatic carbocycles. The molecule has 5 heterocycles. The van der Waals surface area contributed by atoms with Gasteiger partial charge in [-0.1, -0.05) is 109 Å². The summed E-state index contributed by atoms with van der Waals surface area (Å²) in [5, 5.41) is 10.5. The molecule has 0 fully saturated rings. The molecule has 0 unspecified atom stereocenters.